The average molecular weight is 277 g/mol. The third-order valence-electron chi connectivity index (χ3n) is 2.92. The van der Waals surface area contributed by atoms with Crippen LogP contribution in [-0.2, 0) is 6.42 Å². The molecular weight excluding hydrogens is 267 g/mol. The Bertz CT molecular complexity index is 685. The van der Waals surface area contributed by atoms with E-state index in [-0.39, 0.29) is 22.6 Å². The summed E-state index contributed by atoms with van der Waals surface area (Å²) in [5, 5.41) is 0.252. The Labute approximate surface area is 114 Å². The lowest BCUT2D eigenvalue weighted by Gasteiger charge is -2.08. The molecule has 0 saturated carbocycles. The first kappa shape index (κ1) is 12.1. The number of halogens is 2. The third-order valence-corrected chi connectivity index (χ3v) is 3.12. The van der Waals surface area contributed by atoms with E-state index in [0.717, 1.165) is 17.6 Å². The lowest BCUT2D eigenvalue weighted by molar-refractivity contribution is 0.425. The summed E-state index contributed by atoms with van der Waals surface area (Å²) < 4.78 is 19.7. The Morgan fingerprint density at radius 1 is 1.32 bits per heavy atom. The molecule has 0 aliphatic heterocycles. The Balaban J connectivity index is 1.97. The van der Waals surface area contributed by atoms with Crippen molar-refractivity contribution >= 4 is 17.7 Å². The number of fused-ring (bicyclic) bond motifs is 1. The average Bonchev–Trinajstić information content (AvgIpc) is 2.75. The molecule has 3 rings (SSSR count). The van der Waals surface area contributed by atoms with Crippen LogP contribution in [0.4, 0.5) is 4.39 Å². The van der Waals surface area contributed by atoms with Crippen molar-refractivity contribution in [2.24, 2.45) is 0 Å². The van der Waals surface area contributed by atoms with Gasteiger partial charge in [-0.1, -0.05) is 29.3 Å². The van der Waals surface area contributed by atoms with Gasteiger partial charge < -0.3 is 4.74 Å². The lowest BCUT2D eigenvalue weighted by atomic mass is 10.1. The van der Waals surface area contributed by atoms with Crippen molar-refractivity contribution in [1.29, 1.82) is 0 Å². The summed E-state index contributed by atoms with van der Waals surface area (Å²) in [6.07, 6.45) is 3.89. The number of ether oxygens (including phenoxy) is 1. The van der Waals surface area contributed by atoms with Gasteiger partial charge in [0.25, 0.3) is 0 Å². The second-order valence-electron chi connectivity index (χ2n) is 4.40. The SMILES string of the molecule is CC1=Cc2c(ccc(Oc3cc(Cl)ncn3)c2F)C1. The molecule has 0 atom stereocenters. The van der Waals surface area contributed by atoms with E-state index in [1.54, 1.807) is 6.07 Å². The summed E-state index contributed by atoms with van der Waals surface area (Å²) in [7, 11) is 0. The molecule has 3 nitrogen and oxygen atoms in total. The maximum absolute atomic E-state index is 14.3. The first-order valence-corrected chi connectivity index (χ1v) is 6.15. The number of allylic oxidation sites excluding steroid dienone is 1. The summed E-state index contributed by atoms with van der Waals surface area (Å²) in [5.41, 5.74) is 2.70. The van der Waals surface area contributed by atoms with Crippen LogP contribution in [0.5, 0.6) is 11.6 Å². The van der Waals surface area contributed by atoms with Gasteiger partial charge in [0.2, 0.25) is 5.88 Å². The summed E-state index contributed by atoms with van der Waals surface area (Å²) in [5.74, 6) is -0.0129. The fourth-order valence-electron chi connectivity index (χ4n) is 2.09. The highest BCUT2D eigenvalue weighted by Crippen LogP contribution is 2.33. The van der Waals surface area contributed by atoms with E-state index in [0.29, 0.717) is 5.56 Å². The molecule has 0 saturated heterocycles. The van der Waals surface area contributed by atoms with Crippen LogP contribution < -0.4 is 4.74 Å². The highest BCUT2D eigenvalue weighted by molar-refractivity contribution is 6.29. The highest BCUT2D eigenvalue weighted by atomic mass is 35.5. The second kappa shape index (κ2) is 4.63. The quantitative estimate of drug-likeness (QED) is 0.777. The van der Waals surface area contributed by atoms with Gasteiger partial charge in [0.15, 0.2) is 11.6 Å². The van der Waals surface area contributed by atoms with Gasteiger partial charge in [0.1, 0.15) is 11.5 Å². The molecule has 0 spiro atoms. The molecule has 0 unspecified atom stereocenters. The summed E-state index contributed by atoms with van der Waals surface area (Å²) in [4.78, 5) is 7.63. The van der Waals surface area contributed by atoms with Gasteiger partial charge in [-0.2, -0.15) is 0 Å². The normalized spacial score (nSPS) is 13.1. The van der Waals surface area contributed by atoms with Crippen LogP contribution in [-0.4, -0.2) is 9.97 Å². The minimum atomic E-state index is -0.371. The van der Waals surface area contributed by atoms with Gasteiger partial charge in [0.05, 0.1) is 0 Å². The van der Waals surface area contributed by atoms with Crippen molar-refractivity contribution in [3.05, 3.63) is 52.2 Å². The number of hydrogen-bond acceptors (Lipinski definition) is 3. The minimum absolute atomic E-state index is 0.138. The molecular formula is C14H10ClFN2O. The monoisotopic (exact) mass is 276 g/mol. The maximum atomic E-state index is 14.3. The zero-order valence-corrected chi connectivity index (χ0v) is 10.9. The van der Waals surface area contributed by atoms with E-state index >= 15 is 0 Å². The molecule has 5 heteroatoms. The molecule has 1 aromatic carbocycles. The van der Waals surface area contributed by atoms with Crippen LogP contribution in [0.25, 0.3) is 6.08 Å². The number of aromatic nitrogens is 2. The van der Waals surface area contributed by atoms with E-state index in [1.165, 1.54) is 12.4 Å². The van der Waals surface area contributed by atoms with Crippen LogP contribution in [0.2, 0.25) is 5.15 Å². The van der Waals surface area contributed by atoms with Crippen LogP contribution in [0, 0.1) is 5.82 Å². The number of benzene rings is 1. The Morgan fingerprint density at radius 3 is 2.95 bits per heavy atom. The minimum Gasteiger partial charge on any atom is -0.436 e. The molecule has 1 aliphatic rings. The highest BCUT2D eigenvalue weighted by Gasteiger charge is 2.18. The van der Waals surface area contributed by atoms with E-state index in [2.05, 4.69) is 9.97 Å². The predicted octanol–water partition coefficient (Wildman–Crippen LogP) is 4.02. The van der Waals surface area contributed by atoms with Crippen molar-refractivity contribution < 1.29 is 9.13 Å². The Morgan fingerprint density at radius 2 is 2.16 bits per heavy atom. The summed E-state index contributed by atoms with van der Waals surface area (Å²) >= 11 is 5.73. The predicted molar refractivity (Wildman–Crippen MR) is 70.9 cm³/mol. The Kier molecular flexibility index (Phi) is 2.95. The second-order valence-corrected chi connectivity index (χ2v) is 4.79. The van der Waals surface area contributed by atoms with Gasteiger partial charge in [-0.25, -0.2) is 14.4 Å². The molecule has 0 bridgehead atoms. The standard InChI is InChI=1S/C14H10ClFN2O/c1-8-4-9-2-3-11(14(16)10(9)5-8)19-13-6-12(15)17-7-18-13/h2-3,5-7H,4H2,1H3. The van der Waals surface area contributed by atoms with Crippen LogP contribution in [0.3, 0.4) is 0 Å². The van der Waals surface area contributed by atoms with Gasteiger partial charge in [0, 0.05) is 11.6 Å². The fraction of sp³-hybridized carbons (Fsp3) is 0.143. The molecule has 1 aromatic heterocycles. The molecule has 0 N–H and O–H groups in total. The number of hydrogen-bond donors (Lipinski definition) is 0. The van der Waals surface area contributed by atoms with E-state index in [9.17, 15) is 4.39 Å². The molecule has 1 heterocycles. The summed E-state index contributed by atoms with van der Waals surface area (Å²) in [6, 6.07) is 4.91. The maximum Gasteiger partial charge on any atom is 0.223 e. The van der Waals surface area contributed by atoms with Crippen molar-refractivity contribution in [2.45, 2.75) is 13.3 Å². The third kappa shape index (κ3) is 2.31. The first-order chi connectivity index (χ1) is 9.13. The molecule has 19 heavy (non-hydrogen) atoms. The number of nitrogens with zero attached hydrogens (tertiary/aromatic N) is 2. The van der Waals surface area contributed by atoms with E-state index in [4.69, 9.17) is 16.3 Å². The smallest absolute Gasteiger partial charge is 0.223 e. The van der Waals surface area contributed by atoms with Crippen molar-refractivity contribution in [3.63, 3.8) is 0 Å². The van der Waals surface area contributed by atoms with Crippen molar-refractivity contribution in [3.8, 4) is 11.6 Å². The molecule has 0 amide bonds. The topological polar surface area (TPSA) is 35.0 Å². The number of rotatable bonds is 2. The summed E-state index contributed by atoms with van der Waals surface area (Å²) in [6.45, 7) is 1.98. The van der Waals surface area contributed by atoms with Crippen LogP contribution in [0.1, 0.15) is 18.1 Å². The van der Waals surface area contributed by atoms with Crippen molar-refractivity contribution in [1.82, 2.24) is 9.97 Å². The molecule has 2 aromatic rings. The molecule has 0 fully saturated rings. The van der Waals surface area contributed by atoms with E-state index in [1.807, 2.05) is 19.1 Å². The van der Waals surface area contributed by atoms with Gasteiger partial charge in [-0.05, 0) is 25.0 Å². The van der Waals surface area contributed by atoms with Gasteiger partial charge in [-0.15, -0.1) is 0 Å². The van der Waals surface area contributed by atoms with E-state index < -0.39 is 0 Å². The van der Waals surface area contributed by atoms with Gasteiger partial charge in [-0.3, -0.25) is 0 Å². The lowest BCUT2D eigenvalue weighted by Crippen LogP contribution is -1.95. The van der Waals surface area contributed by atoms with Gasteiger partial charge >= 0.3 is 0 Å². The molecule has 1 aliphatic carbocycles. The zero-order chi connectivity index (χ0) is 13.4. The Hall–Kier alpha value is -1.94. The zero-order valence-electron chi connectivity index (χ0n) is 10.2. The van der Waals surface area contributed by atoms with Crippen molar-refractivity contribution in [2.75, 3.05) is 0 Å². The molecule has 96 valence electrons. The largest absolute Gasteiger partial charge is 0.436 e. The van der Waals surface area contributed by atoms with Crippen LogP contribution in [0.15, 0.2) is 30.1 Å². The first-order valence-electron chi connectivity index (χ1n) is 5.77. The fourth-order valence-corrected chi connectivity index (χ4v) is 2.22. The van der Waals surface area contributed by atoms with Crippen LogP contribution >= 0.6 is 11.6 Å². The molecule has 0 radical (unpaired) electrons.